The van der Waals surface area contributed by atoms with Gasteiger partial charge >= 0.3 is 0 Å². The average Bonchev–Trinajstić information content (AvgIpc) is 3.11. The van der Waals surface area contributed by atoms with Gasteiger partial charge in [-0.05, 0) is 45.1 Å². The number of aliphatic hydroxyl groups is 1. The van der Waals surface area contributed by atoms with E-state index in [9.17, 15) is 13.5 Å². The summed E-state index contributed by atoms with van der Waals surface area (Å²) >= 11 is 0. The molecule has 5 nitrogen and oxygen atoms in total. The zero-order chi connectivity index (χ0) is 15.0. The van der Waals surface area contributed by atoms with Crippen LogP contribution in [0.25, 0.3) is 0 Å². The van der Waals surface area contributed by atoms with Gasteiger partial charge in [0.2, 0.25) is 10.0 Å². The first-order valence-corrected chi connectivity index (χ1v) is 8.62. The molecule has 0 unspecified atom stereocenters. The van der Waals surface area contributed by atoms with E-state index in [0.717, 1.165) is 19.3 Å². The quantitative estimate of drug-likeness (QED) is 0.807. The molecular weight excluding hydrogens is 276 g/mol. The molecule has 1 aliphatic rings. The van der Waals surface area contributed by atoms with Gasteiger partial charge in [-0.25, -0.2) is 13.1 Å². The number of hydrogen-bond acceptors (Lipinski definition) is 3. The third-order valence-corrected chi connectivity index (χ3v) is 5.53. The molecule has 0 bridgehead atoms. The van der Waals surface area contributed by atoms with Crippen molar-refractivity contribution in [2.24, 2.45) is 5.92 Å². The molecular formula is C14H24N2O3S. The second-order valence-electron chi connectivity index (χ2n) is 6.12. The van der Waals surface area contributed by atoms with Crippen LogP contribution in [-0.4, -0.2) is 23.6 Å². The van der Waals surface area contributed by atoms with E-state index in [1.54, 1.807) is 16.8 Å². The zero-order valence-corrected chi connectivity index (χ0v) is 13.2. The summed E-state index contributed by atoms with van der Waals surface area (Å²) in [5.74, 6) is 0.423. The fraction of sp³-hybridized carbons (Fsp3) is 0.714. The minimum atomic E-state index is -3.54. The number of hydrogen-bond donors (Lipinski definition) is 2. The molecule has 1 aromatic heterocycles. The molecule has 0 amide bonds. The lowest BCUT2D eigenvalue weighted by molar-refractivity contribution is 0.270. The van der Waals surface area contributed by atoms with Crippen LogP contribution >= 0.6 is 0 Å². The first kappa shape index (κ1) is 15.5. The van der Waals surface area contributed by atoms with Crippen LogP contribution < -0.4 is 4.72 Å². The number of nitrogens with one attached hydrogen (secondary N) is 1. The van der Waals surface area contributed by atoms with E-state index >= 15 is 0 Å². The van der Waals surface area contributed by atoms with Crippen molar-refractivity contribution in [3.8, 4) is 0 Å². The van der Waals surface area contributed by atoms with Crippen LogP contribution in [-0.2, 0) is 23.2 Å². The lowest BCUT2D eigenvalue weighted by Crippen LogP contribution is -2.44. The fourth-order valence-corrected chi connectivity index (χ4v) is 4.08. The number of nitrogens with zero attached hydrogens (tertiary/aromatic N) is 1. The Morgan fingerprint density at radius 3 is 2.60 bits per heavy atom. The second-order valence-corrected chi connectivity index (χ2v) is 7.80. The van der Waals surface area contributed by atoms with E-state index in [2.05, 4.69) is 4.72 Å². The molecule has 0 aliphatic heterocycles. The van der Waals surface area contributed by atoms with E-state index in [-0.39, 0.29) is 11.5 Å². The minimum absolute atomic E-state index is 0.151. The summed E-state index contributed by atoms with van der Waals surface area (Å²) in [5, 5.41) is 9.32. The summed E-state index contributed by atoms with van der Waals surface area (Å²) in [6.45, 7) is 6.43. The molecule has 0 atom stereocenters. The van der Waals surface area contributed by atoms with Crippen molar-refractivity contribution >= 4 is 10.0 Å². The highest BCUT2D eigenvalue weighted by atomic mass is 32.2. The summed E-state index contributed by atoms with van der Waals surface area (Å²) in [6, 6.07) is 1.56. The third-order valence-electron chi connectivity index (χ3n) is 3.89. The van der Waals surface area contributed by atoms with Crippen LogP contribution in [0.2, 0.25) is 0 Å². The van der Waals surface area contributed by atoms with Gasteiger partial charge in [0.1, 0.15) is 0 Å². The van der Waals surface area contributed by atoms with Gasteiger partial charge in [-0.3, -0.25) is 0 Å². The van der Waals surface area contributed by atoms with Crippen molar-refractivity contribution in [2.75, 3.05) is 0 Å². The fourth-order valence-electron chi connectivity index (χ4n) is 2.55. The van der Waals surface area contributed by atoms with Crippen molar-refractivity contribution < 1.29 is 13.5 Å². The van der Waals surface area contributed by atoms with Crippen molar-refractivity contribution in [1.82, 2.24) is 9.29 Å². The monoisotopic (exact) mass is 300 g/mol. The van der Waals surface area contributed by atoms with E-state index in [1.807, 2.05) is 20.8 Å². The molecule has 1 aliphatic carbocycles. The molecule has 0 spiro atoms. The molecule has 1 fully saturated rings. The van der Waals surface area contributed by atoms with Gasteiger partial charge in [-0.15, -0.1) is 0 Å². The standard InChI is InChI=1S/C14H24N2O3S/c1-4-7-16-9-13(8-12(16)10-17)20(18,19)15-14(2,3)11-5-6-11/h8-9,11,15,17H,4-7,10H2,1-3H3. The van der Waals surface area contributed by atoms with Gasteiger partial charge in [-0.1, -0.05) is 6.92 Å². The molecule has 2 rings (SSSR count). The predicted molar refractivity (Wildman–Crippen MR) is 77.8 cm³/mol. The Hall–Kier alpha value is -0.850. The Morgan fingerprint density at radius 1 is 1.45 bits per heavy atom. The van der Waals surface area contributed by atoms with Gasteiger partial charge in [-0.2, -0.15) is 0 Å². The highest BCUT2D eigenvalue weighted by Gasteiger charge is 2.40. The largest absolute Gasteiger partial charge is 0.390 e. The molecule has 0 aromatic carbocycles. The molecule has 1 heterocycles. The van der Waals surface area contributed by atoms with Crippen molar-refractivity contribution in [1.29, 1.82) is 0 Å². The van der Waals surface area contributed by atoms with Crippen LogP contribution in [0.5, 0.6) is 0 Å². The number of aromatic nitrogens is 1. The molecule has 1 saturated carbocycles. The number of sulfonamides is 1. The van der Waals surface area contributed by atoms with Crippen LogP contribution in [0.3, 0.4) is 0 Å². The number of aryl methyl sites for hydroxylation is 1. The summed E-state index contributed by atoms with van der Waals surface area (Å²) in [4.78, 5) is 0.240. The lowest BCUT2D eigenvalue weighted by Gasteiger charge is -2.25. The van der Waals surface area contributed by atoms with Gasteiger partial charge in [0.15, 0.2) is 0 Å². The zero-order valence-electron chi connectivity index (χ0n) is 12.4. The Balaban J connectivity index is 2.24. The van der Waals surface area contributed by atoms with Gasteiger partial charge in [0, 0.05) is 24.0 Å². The van der Waals surface area contributed by atoms with Crippen LogP contribution in [0, 0.1) is 5.92 Å². The molecule has 0 saturated heterocycles. The summed E-state index contributed by atoms with van der Waals surface area (Å²) < 4.78 is 29.5. The summed E-state index contributed by atoms with van der Waals surface area (Å²) in [6.07, 6.45) is 4.66. The Morgan fingerprint density at radius 2 is 2.10 bits per heavy atom. The van der Waals surface area contributed by atoms with E-state index < -0.39 is 15.6 Å². The SMILES string of the molecule is CCCn1cc(S(=O)(=O)NC(C)(C)C2CC2)cc1CO. The van der Waals surface area contributed by atoms with Crippen molar-refractivity contribution in [3.05, 3.63) is 18.0 Å². The minimum Gasteiger partial charge on any atom is -0.390 e. The Kier molecular flexibility index (Phi) is 4.27. The van der Waals surface area contributed by atoms with Crippen molar-refractivity contribution in [3.63, 3.8) is 0 Å². The topological polar surface area (TPSA) is 71.3 Å². The molecule has 2 N–H and O–H groups in total. The number of aliphatic hydroxyl groups excluding tert-OH is 1. The lowest BCUT2D eigenvalue weighted by atomic mass is 10.0. The van der Waals surface area contributed by atoms with Gasteiger partial charge in [0.05, 0.1) is 11.5 Å². The number of rotatable bonds is 7. The maximum absolute atomic E-state index is 12.5. The van der Waals surface area contributed by atoms with Gasteiger partial charge < -0.3 is 9.67 Å². The van der Waals surface area contributed by atoms with E-state index in [0.29, 0.717) is 18.2 Å². The first-order valence-electron chi connectivity index (χ1n) is 7.14. The first-order chi connectivity index (χ1) is 9.30. The van der Waals surface area contributed by atoms with Crippen LogP contribution in [0.4, 0.5) is 0 Å². The third kappa shape index (κ3) is 3.24. The molecule has 20 heavy (non-hydrogen) atoms. The van der Waals surface area contributed by atoms with Crippen LogP contribution in [0.15, 0.2) is 17.2 Å². The molecule has 6 heteroatoms. The van der Waals surface area contributed by atoms with E-state index in [4.69, 9.17) is 0 Å². The predicted octanol–water partition coefficient (Wildman–Crippen LogP) is 1.86. The highest BCUT2D eigenvalue weighted by Crippen LogP contribution is 2.40. The van der Waals surface area contributed by atoms with Crippen molar-refractivity contribution in [2.45, 2.75) is 63.6 Å². The average molecular weight is 300 g/mol. The van der Waals surface area contributed by atoms with E-state index in [1.165, 1.54) is 0 Å². The Bertz CT molecular complexity index is 571. The van der Waals surface area contributed by atoms with Gasteiger partial charge in [0.25, 0.3) is 0 Å². The molecule has 114 valence electrons. The Labute approximate surface area is 121 Å². The maximum atomic E-state index is 12.5. The summed E-state index contributed by atoms with van der Waals surface area (Å²) in [5.41, 5.74) is 0.224. The smallest absolute Gasteiger partial charge is 0.242 e. The molecule has 0 radical (unpaired) electrons. The normalized spacial score (nSPS) is 16.6. The second kappa shape index (κ2) is 5.50. The molecule has 1 aromatic rings. The highest BCUT2D eigenvalue weighted by molar-refractivity contribution is 7.89. The van der Waals surface area contributed by atoms with Crippen LogP contribution in [0.1, 0.15) is 45.7 Å². The maximum Gasteiger partial charge on any atom is 0.242 e. The summed E-state index contributed by atoms with van der Waals surface area (Å²) in [7, 11) is -3.54.